The lowest BCUT2D eigenvalue weighted by molar-refractivity contribution is 0.0512. The van der Waals surface area contributed by atoms with E-state index in [0.717, 1.165) is 16.7 Å². The molecule has 1 aromatic carbocycles. The molecule has 0 aliphatic rings. The fraction of sp³-hybridized carbons (Fsp3) is 0.176. The molecule has 0 saturated heterocycles. The fourth-order valence-corrected chi connectivity index (χ4v) is 2.31. The van der Waals surface area contributed by atoms with Gasteiger partial charge in [-0.05, 0) is 25.5 Å². The summed E-state index contributed by atoms with van der Waals surface area (Å²) < 4.78 is 6.32. The highest BCUT2D eigenvalue weighted by Gasteiger charge is 2.18. The normalized spacial score (nSPS) is 10.5. The van der Waals surface area contributed by atoms with Crippen LogP contribution < -0.4 is 0 Å². The van der Waals surface area contributed by atoms with E-state index >= 15 is 0 Å². The van der Waals surface area contributed by atoms with Gasteiger partial charge in [0.15, 0.2) is 5.65 Å². The first-order valence-corrected chi connectivity index (χ1v) is 7.17. The number of aryl methyl sites for hydroxylation is 1. The number of pyridine rings is 1. The van der Waals surface area contributed by atoms with E-state index in [9.17, 15) is 10.1 Å². The van der Waals surface area contributed by atoms with Gasteiger partial charge in [-0.15, -0.1) is 5.10 Å². The van der Waals surface area contributed by atoms with Crippen molar-refractivity contribution in [3.8, 4) is 17.2 Å². The van der Waals surface area contributed by atoms with Gasteiger partial charge in [0.25, 0.3) is 5.82 Å². The SMILES string of the molecule is CCOC(=O)c1nc2c(C#N)c(-c3ccc(C)cc3)ccn2n1. The maximum atomic E-state index is 11.8. The topological polar surface area (TPSA) is 80.3 Å². The standard InChI is InChI=1S/C17H14N4O2/c1-3-23-17(22)15-19-16-14(10-18)13(8-9-21(16)20-15)12-6-4-11(2)5-7-12/h4-9H,3H2,1-2H3. The Balaban J connectivity index is 2.16. The van der Waals surface area contributed by atoms with Crippen molar-refractivity contribution in [2.24, 2.45) is 0 Å². The first kappa shape index (κ1) is 14.7. The minimum atomic E-state index is -0.600. The summed E-state index contributed by atoms with van der Waals surface area (Å²) in [6.07, 6.45) is 1.68. The van der Waals surface area contributed by atoms with E-state index in [1.54, 1.807) is 19.2 Å². The third-order valence-corrected chi connectivity index (χ3v) is 3.44. The summed E-state index contributed by atoms with van der Waals surface area (Å²) in [5.41, 5.74) is 3.52. The van der Waals surface area contributed by atoms with Crippen LogP contribution in [0.4, 0.5) is 0 Å². The predicted molar refractivity (Wildman–Crippen MR) is 83.8 cm³/mol. The zero-order valence-electron chi connectivity index (χ0n) is 12.8. The molecule has 0 radical (unpaired) electrons. The minimum Gasteiger partial charge on any atom is -0.460 e. The maximum Gasteiger partial charge on any atom is 0.378 e. The summed E-state index contributed by atoms with van der Waals surface area (Å²) in [6, 6.07) is 11.8. The summed E-state index contributed by atoms with van der Waals surface area (Å²) in [5, 5.41) is 13.6. The minimum absolute atomic E-state index is 0.0515. The second kappa shape index (κ2) is 5.89. The number of carbonyl (C=O) groups excluding carboxylic acids is 1. The van der Waals surface area contributed by atoms with Gasteiger partial charge in [-0.1, -0.05) is 29.8 Å². The van der Waals surface area contributed by atoms with Crippen molar-refractivity contribution in [2.75, 3.05) is 6.61 Å². The lowest BCUT2D eigenvalue weighted by atomic mass is 10.0. The summed E-state index contributed by atoms with van der Waals surface area (Å²) in [7, 11) is 0. The predicted octanol–water partition coefficient (Wildman–Crippen LogP) is 2.75. The smallest absolute Gasteiger partial charge is 0.378 e. The number of aromatic nitrogens is 3. The monoisotopic (exact) mass is 306 g/mol. The van der Waals surface area contributed by atoms with E-state index in [1.165, 1.54) is 4.52 Å². The number of fused-ring (bicyclic) bond motifs is 1. The van der Waals surface area contributed by atoms with Crippen LogP contribution in [-0.2, 0) is 4.74 Å². The highest BCUT2D eigenvalue weighted by atomic mass is 16.5. The first-order chi connectivity index (χ1) is 11.1. The highest BCUT2D eigenvalue weighted by Crippen LogP contribution is 2.26. The molecule has 0 amide bonds. The summed E-state index contributed by atoms with van der Waals surface area (Å²) in [6.45, 7) is 3.96. The second-order valence-corrected chi connectivity index (χ2v) is 5.01. The van der Waals surface area contributed by atoms with Gasteiger partial charge in [0.05, 0.1) is 6.61 Å². The molecule has 0 spiro atoms. The van der Waals surface area contributed by atoms with E-state index in [1.807, 2.05) is 31.2 Å². The average Bonchev–Trinajstić information content (AvgIpc) is 2.99. The van der Waals surface area contributed by atoms with Crippen LogP contribution in [0.3, 0.4) is 0 Å². The van der Waals surface area contributed by atoms with Gasteiger partial charge in [-0.2, -0.15) is 10.2 Å². The lowest BCUT2D eigenvalue weighted by Gasteiger charge is -2.05. The van der Waals surface area contributed by atoms with Crippen LogP contribution in [0, 0.1) is 18.3 Å². The molecule has 6 nitrogen and oxygen atoms in total. The molecule has 0 aliphatic heterocycles. The number of nitrogens with zero attached hydrogens (tertiary/aromatic N) is 4. The molecule has 0 aliphatic carbocycles. The molecule has 0 bridgehead atoms. The van der Waals surface area contributed by atoms with Gasteiger partial charge in [0.1, 0.15) is 11.6 Å². The molecule has 0 atom stereocenters. The Kier molecular flexibility index (Phi) is 3.77. The number of carbonyl (C=O) groups is 1. The molecule has 0 fully saturated rings. The molecule has 0 saturated carbocycles. The first-order valence-electron chi connectivity index (χ1n) is 7.17. The average molecular weight is 306 g/mol. The van der Waals surface area contributed by atoms with Crippen LogP contribution in [-0.4, -0.2) is 27.2 Å². The van der Waals surface area contributed by atoms with Crippen LogP contribution in [0.2, 0.25) is 0 Å². The van der Waals surface area contributed by atoms with E-state index in [-0.39, 0.29) is 12.4 Å². The summed E-state index contributed by atoms with van der Waals surface area (Å²) in [4.78, 5) is 15.9. The Morgan fingerprint density at radius 2 is 2.04 bits per heavy atom. The number of nitriles is 1. The molecule has 0 N–H and O–H groups in total. The quantitative estimate of drug-likeness (QED) is 0.695. The lowest BCUT2D eigenvalue weighted by Crippen LogP contribution is -2.06. The Labute approximate surface area is 133 Å². The number of ether oxygens (including phenoxy) is 1. The molecule has 2 heterocycles. The number of hydrogen-bond donors (Lipinski definition) is 0. The Morgan fingerprint density at radius 1 is 1.30 bits per heavy atom. The largest absolute Gasteiger partial charge is 0.460 e. The Bertz CT molecular complexity index is 920. The second-order valence-electron chi connectivity index (χ2n) is 5.01. The van der Waals surface area contributed by atoms with E-state index in [4.69, 9.17) is 4.74 Å². The van der Waals surface area contributed by atoms with Crippen molar-refractivity contribution in [3.63, 3.8) is 0 Å². The van der Waals surface area contributed by atoms with E-state index in [0.29, 0.717) is 11.2 Å². The van der Waals surface area contributed by atoms with Crippen molar-refractivity contribution in [1.82, 2.24) is 14.6 Å². The van der Waals surface area contributed by atoms with Gasteiger partial charge in [0.2, 0.25) is 0 Å². The van der Waals surface area contributed by atoms with Crippen LogP contribution in [0.1, 0.15) is 28.7 Å². The third kappa shape index (κ3) is 2.64. The van der Waals surface area contributed by atoms with E-state index in [2.05, 4.69) is 16.2 Å². The van der Waals surface area contributed by atoms with Crippen molar-refractivity contribution in [1.29, 1.82) is 5.26 Å². The third-order valence-electron chi connectivity index (χ3n) is 3.44. The van der Waals surface area contributed by atoms with Gasteiger partial charge in [-0.3, -0.25) is 0 Å². The maximum absolute atomic E-state index is 11.8. The van der Waals surface area contributed by atoms with Crippen LogP contribution in [0.25, 0.3) is 16.8 Å². The molecule has 3 aromatic rings. The number of benzene rings is 1. The molecular weight excluding hydrogens is 292 g/mol. The fourth-order valence-electron chi connectivity index (χ4n) is 2.31. The van der Waals surface area contributed by atoms with Crippen LogP contribution in [0.15, 0.2) is 36.5 Å². The summed E-state index contributed by atoms with van der Waals surface area (Å²) >= 11 is 0. The molecule has 3 rings (SSSR count). The Hall–Kier alpha value is -3.20. The van der Waals surface area contributed by atoms with Gasteiger partial charge >= 0.3 is 5.97 Å². The van der Waals surface area contributed by atoms with Crippen LogP contribution >= 0.6 is 0 Å². The number of esters is 1. The number of rotatable bonds is 3. The van der Waals surface area contributed by atoms with Gasteiger partial charge in [-0.25, -0.2) is 9.31 Å². The van der Waals surface area contributed by atoms with Crippen molar-refractivity contribution in [3.05, 3.63) is 53.5 Å². The molecule has 114 valence electrons. The zero-order chi connectivity index (χ0) is 16.4. The number of hydrogen-bond acceptors (Lipinski definition) is 5. The molecular formula is C17H14N4O2. The molecule has 6 heteroatoms. The summed E-state index contributed by atoms with van der Waals surface area (Å²) in [5.74, 6) is -0.651. The molecule has 23 heavy (non-hydrogen) atoms. The molecule has 2 aromatic heterocycles. The van der Waals surface area contributed by atoms with Crippen LogP contribution in [0.5, 0.6) is 0 Å². The van der Waals surface area contributed by atoms with Crippen molar-refractivity contribution >= 4 is 11.6 Å². The van der Waals surface area contributed by atoms with Gasteiger partial charge < -0.3 is 4.74 Å². The van der Waals surface area contributed by atoms with Crippen molar-refractivity contribution in [2.45, 2.75) is 13.8 Å². The van der Waals surface area contributed by atoms with Crippen molar-refractivity contribution < 1.29 is 9.53 Å². The highest BCUT2D eigenvalue weighted by molar-refractivity contribution is 5.87. The zero-order valence-corrected chi connectivity index (χ0v) is 12.8. The van der Waals surface area contributed by atoms with Gasteiger partial charge in [0, 0.05) is 11.8 Å². The van der Waals surface area contributed by atoms with E-state index < -0.39 is 5.97 Å². The Morgan fingerprint density at radius 3 is 2.70 bits per heavy atom. The molecule has 0 unspecified atom stereocenters.